The predicted molar refractivity (Wildman–Crippen MR) is 72.2 cm³/mol. The van der Waals surface area contributed by atoms with Gasteiger partial charge in [0.2, 0.25) is 5.91 Å². The molecule has 0 aliphatic carbocycles. The van der Waals surface area contributed by atoms with Crippen molar-refractivity contribution in [3.63, 3.8) is 0 Å². The summed E-state index contributed by atoms with van der Waals surface area (Å²) in [7, 11) is 1.78. The smallest absolute Gasteiger partial charge is 0.358 e. The molecule has 0 spiro atoms. The average Bonchev–Trinajstić information content (AvgIpc) is 3.06. The zero-order valence-corrected chi connectivity index (χ0v) is 11.3. The van der Waals surface area contributed by atoms with Crippen LogP contribution in [0.5, 0.6) is 0 Å². The third kappa shape index (κ3) is 4.00. The highest BCUT2D eigenvalue weighted by atomic mass is 16.4. The summed E-state index contributed by atoms with van der Waals surface area (Å²) in [4.78, 5) is 22.2. The lowest BCUT2D eigenvalue weighted by Crippen LogP contribution is -2.25. The Morgan fingerprint density at radius 3 is 2.90 bits per heavy atom. The van der Waals surface area contributed by atoms with E-state index in [1.54, 1.807) is 30.1 Å². The summed E-state index contributed by atoms with van der Waals surface area (Å²) in [5.41, 5.74) is 0.685. The van der Waals surface area contributed by atoms with E-state index in [0.29, 0.717) is 13.1 Å². The normalized spacial score (nSPS) is 10.9. The van der Waals surface area contributed by atoms with Crippen molar-refractivity contribution in [2.24, 2.45) is 7.05 Å². The highest BCUT2D eigenvalue weighted by Crippen LogP contribution is 1.98. The first kappa shape index (κ1) is 14.4. The first-order valence-electron chi connectivity index (χ1n) is 6.13. The van der Waals surface area contributed by atoms with E-state index in [-0.39, 0.29) is 11.6 Å². The van der Waals surface area contributed by atoms with Crippen molar-refractivity contribution in [1.82, 2.24) is 30.1 Å². The fourth-order valence-corrected chi connectivity index (χ4v) is 1.57. The molecule has 2 aromatic rings. The van der Waals surface area contributed by atoms with Gasteiger partial charge in [0, 0.05) is 25.9 Å². The van der Waals surface area contributed by atoms with Crippen LogP contribution in [0.3, 0.4) is 0 Å². The molecule has 2 rings (SSSR count). The second-order valence-electron chi connectivity index (χ2n) is 4.18. The van der Waals surface area contributed by atoms with Crippen LogP contribution in [0, 0.1) is 0 Å². The number of carboxylic acids is 1. The zero-order valence-electron chi connectivity index (χ0n) is 11.3. The van der Waals surface area contributed by atoms with Gasteiger partial charge in [-0.05, 0) is 12.1 Å². The van der Waals surface area contributed by atoms with E-state index in [1.165, 1.54) is 17.0 Å². The molecule has 2 aromatic heterocycles. The van der Waals surface area contributed by atoms with Gasteiger partial charge in [-0.15, -0.1) is 5.10 Å². The van der Waals surface area contributed by atoms with Gasteiger partial charge >= 0.3 is 5.97 Å². The molecule has 2 heterocycles. The molecule has 0 aliphatic rings. The van der Waals surface area contributed by atoms with Gasteiger partial charge < -0.3 is 10.4 Å². The number of aromatic nitrogens is 5. The summed E-state index contributed by atoms with van der Waals surface area (Å²) in [5.74, 6) is -1.39. The number of aryl methyl sites for hydroxylation is 1. The number of rotatable bonds is 6. The van der Waals surface area contributed by atoms with E-state index in [9.17, 15) is 9.59 Å². The Hall–Kier alpha value is -2.97. The van der Waals surface area contributed by atoms with Crippen molar-refractivity contribution in [2.75, 3.05) is 6.54 Å². The maximum absolute atomic E-state index is 11.6. The van der Waals surface area contributed by atoms with Crippen molar-refractivity contribution in [1.29, 1.82) is 0 Å². The lowest BCUT2D eigenvalue weighted by molar-refractivity contribution is -0.116. The van der Waals surface area contributed by atoms with Crippen LogP contribution >= 0.6 is 0 Å². The van der Waals surface area contributed by atoms with Crippen molar-refractivity contribution in [3.8, 4) is 0 Å². The van der Waals surface area contributed by atoms with Gasteiger partial charge in [-0.3, -0.25) is 9.48 Å². The monoisotopic (exact) mass is 290 g/mol. The van der Waals surface area contributed by atoms with Crippen molar-refractivity contribution < 1.29 is 14.7 Å². The molecule has 21 heavy (non-hydrogen) atoms. The van der Waals surface area contributed by atoms with Crippen LogP contribution in [0.1, 0.15) is 16.2 Å². The van der Waals surface area contributed by atoms with Crippen LogP contribution in [-0.2, 0) is 18.4 Å². The Morgan fingerprint density at radius 2 is 2.29 bits per heavy atom. The van der Waals surface area contributed by atoms with Crippen LogP contribution in [0.25, 0.3) is 6.08 Å². The van der Waals surface area contributed by atoms with Crippen LogP contribution in [0.4, 0.5) is 0 Å². The molecule has 110 valence electrons. The number of carbonyl (C=O) groups excluding carboxylic acids is 1. The summed E-state index contributed by atoms with van der Waals surface area (Å²) in [6.07, 6.45) is 6.00. The number of hydrogen-bond acceptors (Lipinski definition) is 5. The van der Waals surface area contributed by atoms with Crippen LogP contribution in [0.15, 0.2) is 24.5 Å². The predicted octanol–water partition coefficient (Wildman–Crippen LogP) is -0.461. The summed E-state index contributed by atoms with van der Waals surface area (Å²) in [6, 6.07) is 1.78. The van der Waals surface area contributed by atoms with Gasteiger partial charge in [0.25, 0.3) is 0 Å². The molecule has 0 fully saturated rings. The minimum atomic E-state index is -1.13. The Morgan fingerprint density at radius 1 is 1.48 bits per heavy atom. The highest BCUT2D eigenvalue weighted by molar-refractivity contribution is 5.91. The van der Waals surface area contributed by atoms with Crippen molar-refractivity contribution in [3.05, 3.63) is 35.9 Å². The summed E-state index contributed by atoms with van der Waals surface area (Å²) >= 11 is 0. The largest absolute Gasteiger partial charge is 0.476 e. The third-order valence-corrected chi connectivity index (χ3v) is 2.66. The summed E-state index contributed by atoms with van der Waals surface area (Å²) in [6.45, 7) is 0.655. The first-order valence-corrected chi connectivity index (χ1v) is 6.13. The molecule has 0 unspecified atom stereocenters. The molecule has 0 aromatic carbocycles. The summed E-state index contributed by atoms with van der Waals surface area (Å²) in [5, 5.41) is 22.4. The molecule has 0 atom stereocenters. The molecule has 0 bridgehead atoms. The van der Waals surface area contributed by atoms with Gasteiger partial charge in [0.05, 0.1) is 18.4 Å². The molecule has 2 N–H and O–H groups in total. The van der Waals surface area contributed by atoms with Crippen LogP contribution < -0.4 is 5.32 Å². The molecular formula is C12H14N6O3. The zero-order chi connectivity index (χ0) is 15.2. The fraction of sp³-hybridized carbons (Fsp3) is 0.250. The number of hydrogen-bond donors (Lipinski definition) is 2. The SMILES string of the molecule is Cn1nccc1C=CC(=O)NCCn1cc(C(=O)O)nn1. The Labute approximate surface area is 119 Å². The Bertz CT molecular complexity index is 672. The molecule has 9 nitrogen and oxygen atoms in total. The first-order chi connectivity index (χ1) is 10.1. The summed E-state index contributed by atoms with van der Waals surface area (Å²) < 4.78 is 3.00. The van der Waals surface area contributed by atoms with E-state index < -0.39 is 5.97 Å². The molecule has 0 saturated carbocycles. The average molecular weight is 290 g/mol. The number of amides is 1. The number of nitrogens with one attached hydrogen (secondary N) is 1. The van der Waals surface area contributed by atoms with Gasteiger partial charge in [0.1, 0.15) is 0 Å². The highest BCUT2D eigenvalue weighted by Gasteiger charge is 2.07. The van der Waals surface area contributed by atoms with Gasteiger partial charge in [0.15, 0.2) is 5.69 Å². The van der Waals surface area contributed by atoms with E-state index in [0.717, 1.165) is 5.69 Å². The van der Waals surface area contributed by atoms with Gasteiger partial charge in [-0.1, -0.05) is 5.21 Å². The molecule has 0 aliphatic heterocycles. The quantitative estimate of drug-likeness (QED) is 0.696. The number of carboxylic acid groups (broad SMARTS) is 1. The van der Waals surface area contributed by atoms with E-state index >= 15 is 0 Å². The number of nitrogens with zero attached hydrogens (tertiary/aromatic N) is 5. The number of aromatic carboxylic acids is 1. The minimum absolute atomic E-state index is 0.127. The lowest BCUT2D eigenvalue weighted by Gasteiger charge is -2.01. The van der Waals surface area contributed by atoms with Crippen LogP contribution in [0.2, 0.25) is 0 Å². The third-order valence-electron chi connectivity index (χ3n) is 2.66. The minimum Gasteiger partial charge on any atom is -0.476 e. The number of carbonyl (C=O) groups is 2. The van der Waals surface area contributed by atoms with Crippen molar-refractivity contribution >= 4 is 18.0 Å². The Balaban J connectivity index is 1.77. The van der Waals surface area contributed by atoms with Crippen LogP contribution in [-0.4, -0.2) is 48.3 Å². The lowest BCUT2D eigenvalue weighted by atomic mass is 10.3. The van der Waals surface area contributed by atoms with Crippen molar-refractivity contribution in [2.45, 2.75) is 6.54 Å². The second kappa shape index (κ2) is 6.46. The maximum Gasteiger partial charge on any atom is 0.358 e. The maximum atomic E-state index is 11.6. The van der Waals surface area contributed by atoms with Gasteiger partial charge in [-0.25, -0.2) is 9.48 Å². The standard InChI is InChI=1S/C12H14N6O3/c1-17-9(4-5-14-17)2-3-11(19)13-6-7-18-8-10(12(20)21)15-16-18/h2-5,8H,6-7H2,1H3,(H,13,19)(H,20,21). The van der Waals surface area contributed by atoms with E-state index in [2.05, 4.69) is 20.7 Å². The van der Waals surface area contributed by atoms with Gasteiger partial charge in [-0.2, -0.15) is 5.10 Å². The molecule has 1 amide bonds. The van der Waals surface area contributed by atoms with E-state index in [4.69, 9.17) is 5.11 Å². The molecule has 0 saturated heterocycles. The Kier molecular flexibility index (Phi) is 4.44. The molecular weight excluding hydrogens is 276 g/mol. The topological polar surface area (TPSA) is 115 Å². The fourth-order valence-electron chi connectivity index (χ4n) is 1.57. The molecule has 0 radical (unpaired) electrons. The second-order valence-corrected chi connectivity index (χ2v) is 4.18. The van der Waals surface area contributed by atoms with E-state index in [1.807, 2.05) is 0 Å². The molecule has 9 heteroatoms.